The minimum Gasteiger partial charge on any atom is -0.387 e. The molecule has 3 N–H and O–H groups in total. The molecule has 0 aromatic heterocycles. The monoisotopic (exact) mass is 219 g/mol. The third-order valence-electron chi connectivity index (χ3n) is 2.04. The van der Waals surface area contributed by atoms with E-state index in [9.17, 15) is 4.79 Å². The number of aliphatic imine (C=N–C) groups is 1. The Morgan fingerprint density at radius 3 is 2.31 bits per heavy atom. The highest BCUT2D eigenvalue weighted by molar-refractivity contribution is 5.89. The number of anilines is 1. The molecule has 0 unspecified atom stereocenters. The predicted octanol–water partition coefficient (Wildman–Crippen LogP) is 2.29. The van der Waals surface area contributed by atoms with Crippen LogP contribution in [0.3, 0.4) is 0 Å². The van der Waals surface area contributed by atoms with Gasteiger partial charge in [-0.2, -0.15) is 0 Å². The number of rotatable bonds is 3. The fourth-order valence-electron chi connectivity index (χ4n) is 1.10. The van der Waals surface area contributed by atoms with Gasteiger partial charge in [-0.05, 0) is 24.3 Å². The van der Waals surface area contributed by atoms with Gasteiger partial charge in [-0.25, -0.2) is 4.99 Å². The minimum absolute atomic E-state index is 0.0852. The van der Waals surface area contributed by atoms with Crippen molar-refractivity contribution in [1.29, 1.82) is 0 Å². The van der Waals surface area contributed by atoms with Crippen molar-refractivity contribution >= 4 is 23.1 Å². The first-order valence-electron chi connectivity index (χ1n) is 5.20. The van der Waals surface area contributed by atoms with Gasteiger partial charge in [0.05, 0.1) is 5.69 Å². The molecule has 0 aliphatic rings. The molecule has 0 aliphatic heterocycles. The summed E-state index contributed by atoms with van der Waals surface area (Å²) < 4.78 is 0. The molecule has 16 heavy (non-hydrogen) atoms. The van der Waals surface area contributed by atoms with Gasteiger partial charge in [0.25, 0.3) is 0 Å². The van der Waals surface area contributed by atoms with Crippen molar-refractivity contribution in [3.05, 3.63) is 24.3 Å². The van der Waals surface area contributed by atoms with E-state index in [4.69, 9.17) is 5.73 Å². The van der Waals surface area contributed by atoms with E-state index in [2.05, 4.69) is 10.3 Å². The van der Waals surface area contributed by atoms with Crippen LogP contribution in [0.25, 0.3) is 0 Å². The Bertz CT molecular complexity index is 393. The second kappa shape index (κ2) is 5.30. The van der Waals surface area contributed by atoms with E-state index in [0.29, 0.717) is 5.84 Å². The molecule has 0 saturated heterocycles. The van der Waals surface area contributed by atoms with Crippen molar-refractivity contribution < 1.29 is 4.79 Å². The van der Waals surface area contributed by atoms with Gasteiger partial charge in [-0.3, -0.25) is 4.79 Å². The second-order valence-corrected chi connectivity index (χ2v) is 3.92. The lowest BCUT2D eigenvalue weighted by molar-refractivity contribution is -0.114. The van der Waals surface area contributed by atoms with Crippen LogP contribution >= 0.6 is 0 Å². The highest BCUT2D eigenvalue weighted by atomic mass is 16.1. The van der Waals surface area contributed by atoms with Crippen LogP contribution in [0, 0.1) is 5.92 Å². The summed E-state index contributed by atoms with van der Waals surface area (Å²) >= 11 is 0. The third kappa shape index (κ3) is 3.73. The number of hydrogen-bond acceptors (Lipinski definition) is 2. The lowest BCUT2D eigenvalue weighted by atomic mass is 10.2. The summed E-state index contributed by atoms with van der Waals surface area (Å²) in [7, 11) is 0. The number of amides is 1. The zero-order valence-electron chi connectivity index (χ0n) is 9.82. The van der Waals surface area contributed by atoms with Gasteiger partial charge in [0.15, 0.2) is 0 Å². The molecule has 0 radical (unpaired) electrons. The maximum atomic E-state index is 10.8. The molecule has 0 bridgehead atoms. The molecular formula is C12H17N3O. The van der Waals surface area contributed by atoms with Crippen LogP contribution in [0.4, 0.5) is 11.4 Å². The molecule has 0 fully saturated rings. The first kappa shape index (κ1) is 12.2. The second-order valence-electron chi connectivity index (χ2n) is 3.92. The summed E-state index contributed by atoms with van der Waals surface area (Å²) in [5.41, 5.74) is 7.30. The van der Waals surface area contributed by atoms with Gasteiger partial charge in [-0.15, -0.1) is 0 Å². The van der Waals surface area contributed by atoms with E-state index in [-0.39, 0.29) is 11.8 Å². The molecule has 86 valence electrons. The maximum Gasteiger partial charge on any atom is 0.221 e. The van der Waals surface area contributed by atoms with E-state index in [1.54, 1.807) is 12.1 Å². The number of benzene rings is 1. The molecule has 4 heteroatoms. The van der Waals surface area contributed by atoms with Crippen molar-refractivity contribution in [2.75, 3.05) is 5.32 Å². The number of carbonyl (C=O) groups is 1. The molecule has 1 amide bonds. The Labute approximate surface area is 95.6 Å². The van der Waals surface area contributed by atoms with Crippen molar-refractivity contribution in [2.24, 2.45) is 16.6 Å². The topological polar surface area (TPSA) is 67.5 Å². The predicted molar refractivity (Wildman–Crippen MR) is 66.9 cm³/mol. The Morgan fingerprint density at radius 2 is 1.88 bits per heavy atom. The average Bonchev–Trinajstić information content (AvgIpc) is 2.20. The normalized spacial score (nSPS) is 11.6. The fraction of sp³-hybridized carbons (Fsp3) is 0.333. The van der Waals surface area contributed by atoms with Gasteiger partial charge >= 0.3 is 0 Å². The lowest BCUT2D eigenvalue weighted by Crippen LogP contribution is -2.17. The van der Waals surface area contributed by atoms with Crippen molar-refractivity contribution in [3.63, 3.8) is 0 Å². The highest BCUT2D eigenvalue weighted by Crippen LogP contribution is 2.16. The maximum absolute atomic E-state index is 10.8. The molecule has 0 atom stereocenters. The van der Waals surface area contributed by atoms with Crippen LogP contribution in [-0.4, -0.2) is 11.7 Å². The molecule has 0 saturated carbocycles. The zero-order chi connectivity index (χ0) is 12.1. The van der Waals surface area contributed by atoms with Gasteiger partial charge in [0.2, 0.25) is 5.91 Å². The quantitative estimate of drug-likeness (QED) is 0.605. The van der Waals surface area contributed by atoms with Crippen LogP contribution in [0.5, 0.6) is 0 Å². The number of nitrogens with two attached hydrogens (primary N) is 1. The summed E-state index contributed by atoms with van der Waals surface area (Å²) in [4.78, 5) is 15.1. The molecule has 1 aromatic carbocycles. The molecule has 0 heterocycles. The van der Waals surface area contributed by atoms with E-state index < -0.39 is 0 Å². The summed E-state index contributed by atoms with van der Waals surface area (Å²) in [6, 6.07) is 7.24. The Hall–Kier alpha value is -1.84. The summed E-state index contributed by atoms with van der Waals surface area (Å²) in [6.07, 6.45) is 0. The molecule has 0 spiro atoms. The average molecular weight is 219 g/mol. The molecule has 0 aliphatic carbocycles. The van der Waals surface area contributed by atoms with E-state index in [1.807, 2.05) is 26.0 Å². The van der Waals surface area contributed by atoms with E-state index >= 15 is 0 Å². The standard InChI is InChI=1S/C12H17N3O/c1-8(2)12(13)15-11-6-4-10(5-7-11)14-9(3)16/h4-8H,1-3H3,(H2,13,15)(H,14,16). The largest absolute Gasteiger partial charge is 0.387 e. The number of nitrogens with zero attached hydrogens (tertiary/aromatic N) is 1. The van der Waals surface area contributed by atoms with Gasteiger partial charge in [0.1, 0.15) is 5.84 Å². The molecular weight excluding hydrogens is 202 g/mol. The number of hydrogen-bond donors (Lipinski definition) is 2. The van der Waals surface area contributed by atoms with Crippen LogP contribution < -0.4 is 11.1 Å². The van der Waals surface area contributed by atoms with Crippen molar-refractivity contribution in [3.8, 4) is 0 Å². The van der Waals surface area contributed by atoms with Gasteiger partial charge < -0.3 is 11.1 Å². The first-order chi connectivity index (χ1) is 7.49. The van der Waals surface area contributed by atoms with Crippen LogP contribution in [0.2, 0.25) is 0 Å². The number of amidine groups is 1. The third-order valence-corrected chi connectivity index (χ3v) is 2.04. The summed E-state index contributed by atoms with van der Waals surface area (Å²) in [6.45, 7) is 5.46. The highest BCUT2D eigenvalue weighted by Gasteiger charge is 2.00. The van der Waals surface area contributed by atoms with E-state index in [0.717, 1.165) is 11.4 Å². The molecule has 1 rings (SSSR count). The molecule has 1 aromatic rings. The Balaban J connectivity index is 2.79. The van der Waals surface area contributed by atoms with Gasteiger partial charge in [-0.1, -0.05) is 13.8 Å². The number of carbonyl (C=O) groups excluding carboxylic acids is 1. The Kier molecular flexibility index (Phi) is 4.05. The smallest absolute Gasteiger partial charge is 0.221 e. The number of nitrogens with one attached hydrogen (secondary N) is 1. The van der Waals surface area contributed by atoms with E-state index in [1.165, 1.54) is 6.92 Å². The van der Waals surface area contributed by atoms with Crippen molar-refractivity contribution in [1.82, 2.24) is 0 Å². The first-order valence-corrected chi connectivity index (χ1v) is 5.20. The minimum atomic E-state index is -0.0852. The summed E-state index contributed by atoms with van der Waals surface area (Å²) in [5.74, 6) is 0.750. The SMILES string of the molecule is CC(=O)Nc1ccc(N=C(N)C(C)C)cc1. The van der Waals surface area contributed by atoms with Crippen LogP contribution in [0.15, 0.2) is 29.3 Å². The fourth-order valence-corrected chi connectivity index (χ4v) is 1.10. The van der Waals surface area contributed by atoms with Crippen LogP contribution in [-0.2, 0) is 4.79 Å². The zero-order valence-corrected chi connectivity index (χ0v) is 9.82. The van der Waals surface area contributed by atoms with Gasteiger partial charge in [0, 0.05) is 18.5 Å². The molecule has 4 nitrogen and oxygen atoms in total. The summed E-state index contributed by atoms with van der Waals surface area (Å²) in [5, 5.41) is 2.69. The lowest BCUT2D eigenvalue weighted by Gasteiger charge is -2.05. The van der Waals surface area contributed by atoms with Crippen LogP contribution in [0.1, 0.15) is 20.8 Å². The Morgan fingerprint density at radius 1 is 1.31 bits per heavy atom. The van der Waals surface area contributed by atoms with Crippen molar-refractivity contribution in [2.45, 2.75) is 20.8 Å².